The first-order chi connectivity index (χ1) is 14.1. The van der Waals surface area contributed by atoms with Gasteiger partial charge in [-0.15, -0.1) is 0 Å². The summed E-state index contributed by atoms with van der Waals surface area (Å²) in [5.41, 5.74) is 5.07. The van der Waals surface area contributed by atoms with E-state index in [2.05, 4.69) is 19.1 Å². The quantitative estimate of drug-likeness (QED) is 0.431. The second-order valence-electron chi connectivity index (χ2n) is 6.50. The molecule has 0 fully saturated rings. The van der Waals surface area contributed by atoms with Gasteiger partial charge in [-0.2, -0.15) is 0 Å². The molecule has 5 heteroatoms. The van der Waals surface area contributed by atoms with E-state index in [1.165, 1.54) is 4.57 Å². The molecule has 1 aliphatic heterocycles. The third-order valence-corrected chi connectivity index (χ3v) is 5.12. The normalized spacial score (nSPS) is 14.8. The lowest BCUT2D eigenvalue weighted by Gasteiger charge is -2.03. The van der Waals surface area contributed by atoms with Gasteiger partial charge in [-0.25, -0.2) is 18.7 Å². The Kier molecular flexibility index (Phi) is 2.06. The van der Waals surface area contributed by atoms with Crippen LogP contribution in [-0.2, 0) is 13.5 Å². The lowest BCUT2D eigenvalue weighted by Crippen LogP contribution is -2.33. The average molecular weight is 341 g/mol. The van der Waals surface area contributed by atoms with Crippen LogP contribution in [0.4, 0.5) is 0 Å². The maximum absolute atomic E-state index is 8.21. The van der Waals surface area contributed by atoms with Crippen molar-refractivity contribution in [1.82, 2.24) is 19.1 Å². The average Bonchev–Trinajstić information content (AvgIpc) is 3.34. The van der Waals surface area contributed by atoms with Crippen LogP contribution in [0.5, 0.6) is 0 Å². The Bertz CT molecular complexity index is 1410. The molecule has 0 atom stereocenters. The van der Waals surface area contributed by atoms with Crippen molar-refractivity contribution in [2.75, 3.05) is 0 Å². The molecule has 124 valence electrons. The van der Waals surface area contributed by atoms with Gasteiger partial charge in [0.1, 0.15) is 5.69 Å². The Balaban J connectivity index is 1.89. The summed E-state index contributed by atoms with van der Waals surface area (Å²) in [5.74, 6) is 0.938. The number of benzene rings is 1. The maximum atomic E-state index is 8.21. The fraction of sp³-hybridized carbons (Fsp3) is 0.0952. The number of hydrogen-bond donors (Lipinski definition) is 0. The van der Waals surface area contributed by atoms with Crippen molar-refractivity contribution >= 4 is 22.2 Å². The molecule has 1 aliphatic rings. The van der Waals surface area contributed by atoms with E-state index in [0.717, 1.165) is 33.5 Å². The third kappa shape index (κ3) is 1.57. The van der Waals surface area contributed by atoms with Crippen molar-refractivity contribution in [3.8, 4) is 17.1 Å². The summed E-state index contributed by atoms with van der Waals surface area (Å²) < 4.78 is 30.2. The van der Waals surface area contributed by atoms with Crippen molar-refractivity contribution in [1.29, 1.82) is 0 Å². The number of rotatable bonds is 1. The van der Waals surface area contributed by atoms with E-state index < -0.39 is 6.98 Å². The van der Waals surface area contributed by atoms with Crippen LogP contribution in [0.2, 0.25) is 0 Å². The lowest BCUT2D eigenvalue weighted by molar-refractivity contribution is -0.648. The molecular formula is C21H16N5+. The Morgan fingerprint density at radius 3 is 2.88 bits per heavy atom. The van der Waals surface area contributed by atoms with E-state index in [1.807, 2.05) is 54.7 Å². The molecule has 0 unspecified atom stereocenters. The largest absolute Gasteiger partial charge is 0.271 e. The second kappa shape index (κ2) is 4.79. The molecule has 0 saturated carbocycles. The fourth-order valence-electron chi connectivity index (χ4n) is 4.06. The SMILES string of the molecule is [2H]C([2H])([2H])n1c2ncccc2c2c1[n+]1c(n2-c2ccccc2)-c2cnccc2C1. The third-order valence-electron chi connectivity index (χ3n) is 5.12. The maximum Gasteiger partial charge on any atom is 0.271 e. The standard InChI is InChI=1S/C21H16N5/c1-24-19-16(8-5-10-23-19)18-21(24)25-13-14-9-11-22-12-17(14)20(25)26(18)15-6-3-2-4-7-15/h2-12H,13H2,1H3/q+1/i1D3. The van der Waals surface area contributed by atoms with Gasteiger partial charge in [-0.05, 0) is 30.3 Å². The summed E-state index contributed by atoms with van der Waals surface area (Å²) in [4.78, 5) is 8.75. The highest BCUT2D eigenvalue weighted by molar-refractivity contribution is 6.04. The predicted molar refractivity (Wildman–Crippen MR) is 100 cm³/mol. The first kappa shape index (κ1) is 11.2. The molecule has 0 radical (unpaired) electrons. The van der Waals surface area contributed by atoms with Crippen LogP contribution >= 0.6 is 0 Å². The van der Waals surface area contributed by atoms with E-state index in [9.17, 15) is 0 Å². The number of pyridine rings is 2. The smallest absolute Gasteiger partial charge is 0.264 e. The zero-order chi connectivity index (χ0) is 19.8. The van der Waals surface area contributed by atoms with Gasteiger partial charge in [-0.3, -0.25) is 4.98 Å². The molecule has 5 heterocycles. The van der Waals surface area contributed by atoms with E-state index in [1.54, 1.807) is 12.4 Å². The highest BCUT2D eigenvalue weighted by atomic mass is 15.3. The van der Waals surface area contributed by atoms with Gasteiger partial charge in [-0.1, -0.05) is 18.2 Å². The number of aryl methyl sites for hydroxylation is 1. The molecule has 26 heavy (non-hydrogen) atoms. The van der Waals surface area contributed by atoms with Gasteiger partial charge >= 0.3 is 0 Å². The Morgan fingerprint density at radius 1 is 1.08 bits per heavy atom. The van der Waals surface area contributed by atoms with Gasteiger partial charge in [0.25, 0.3) is 5.65 Å². The molecular weight excluding hydrogens is 322 g/mol. The fourth-order valence-corrected chi connectivity index (χ4v) is 4.06. The van der Waals surface area contributed by atoms with E-state index in [0.29, 0.717) is 17.8 Å². The summed E-state index contributed by atoms with van der Waals surface area (Å²) in [6.07, 6.45) is 5.27. The van der Waals surface area contributed by atoms with Crippen molar-refractivity contribution in [3.05, 3.63) is 72.7 Å². The molecule has 0 spiro atoms. The summed E-state index contributed by atoms with van der Waals surface area (Å²) >= 11 is 0. The van der Waals surface area contributed by atoms with Crippen LogP contribution in [-0.4, -0.2) is 19.1 Å². The second-order valence-corrected chi connectivity index (χ2v) is 6.50. The topological polar surface area (TPSA) is 39.5 Å². The molecule has 0 saturated heterocycles. The van der Waals surface area contributed by atoms with Crippen LogP contribution in [0.3, 0.4) is 0 Å². The molecule has 1 aromatic carbocycles. The molecule has 0 bridgehead atoms. The molecule has 5 aromatic rings. The summed E-state index contributed by atoms with van der Waals surface area (Å²) in [7, 11) is 0. The first-order valence-corrected chi connectivity index (χ1v) is 8.48. The monoisotopic (exact) mass is 341 g/mol. The van der Waals surface area contributed by atoms with Crippen molar-refractivity contribution in [2.45, 2.75) is 6.54 Å². The number of imidazole rings is 1. The van der Waals surface area contributed by atoms with Crippen molar-refractivity contribution < 1.29 is 8.68 Å². The molecule has 4 aromatic heterocycles. The highest BCUT2D eigenvalue weighted by Crippen LogP contribution is 2.36. The Hall–Kier alpha value is -3.47. The van der Waals surface area contributed by atoms with Crippen LogP contribution in [0.1, 0.15) is 9.68 Å². The Labute approximate surface area is 154 Å². The minimum absolute atomic E-state index is 0.464. The zero-order valence-electron chi connectivity index (χ0n) is 16.8. The van der Waals surface area contributed by atoms with Gasteiger partial charge in [0.05, 0.1) is 28.6 Å². The van der Waals surface area contributed by atoms with E-state index in [4.69, 9.17) is 4.11 Å². The predicted octanol–water partition coefficient (Wildman–Crippen LogP) is 3.23. The molecule has 5 nitrogen and oxygen atoms in total. The molecule has 6 rings (SSSR count). The molecule has 0 N–H and O–H groups in total. The van der Waals surface area contributed by atoms with Gasteiger partial charge in [0.2, 0.25) is 11.5 Å². The summed E-state index contributed by atoms with van der Waals surface area (Å²) in [5, 5.41) is 0.815. The number of hydrogen-bond acceptors (Lipinski definition) is 2. The minimum atomic E-state index is -2.36. The van der Waals surface area contributed by atoms with Crippen molar-refractivity contribution in [3.63, 3.8) is 0 Å². The number of para-hydroxylation sites is 1. The first-order valence-electron chi connectivity index (χ1n) is 9.98. The number of aromatic nitrogens is 5. The van der Waals surface area contributed by atoms with Gasteiger partial charge in [0.15, 0.2) is 5.52 Å². The lowest BCUT2D eigenvalue weighted by atomic mass is 10.1. The summed E-state index contributed by atoms with van der Waals surface area (Å²) in [6.45, 7) is -1.76. The highest BCUT2D eigenvalue weighted by Gasteiger charge is 2.36. The van der Waals surface area contributed by atoms with Crippen LogP contribution in [0.15, 0.2) is 67.1 Å². The van der Waals surface area contributed by atoms with Gasteiger partial charge < -0.3 is 0 Å². The van der Waals surface area contributed by atoms with E-state index in [-0.39, 0.29) is 0 Å². The molecule has 0 aliphatic carbocycles. The van der Waals surface area contributed by atoms with Crippen LogP contribution < -0.4 is 4.57 Å². The Morgan fingerprint density at radius 2 is 2.00 bits per heavy atom. The van der Waals surface area contributed by atoms with Crippen LogP contribution in [0, 0.1) is 0 Å². The van der Waals surface area contributed by atoms with Crippen LogP contribution in [0.25, 0.3) is 39.3 Å². The zero-order valence-corrected chi connectivity index (χ0v) is 13.8. The van der Waals surface area contributed by atoms with Gasteiger partial charge in [0, 0.05) is 24.2 Å². The summed E-state index contributed by atoms with van der Waals surface area (Å²) in [6, 6.07) is 15.8. The number of nitrogens with zero attached hydrogens (tertiary/aromatic N) is 5. The minimum Gasteiger partial charge on any atom is -0.264 e. The van der Waals surface area contributed by atoms with Crippen molar-refractivity contribution in [2.24, 2.45) is 6.98 Å². The number of fused-ring (bicyclic) bond motifs is 7. The van der Waals surface area contributed by atoms with E-state index >= 15 is 0 Å². The molecule has 0 amide bonds.